The van der Waals surface area contributed by atoms with Crippen LogP contribution in [0.15, 0.2) is 0 Å². The summed E-state index contributed by atoms with van der Waals surface area (Å²) in [5, 5.41) is 3.18. The molecule has 1 aromatic heterocycles. The number of nitrogen functional groups attached to an aromatic ring is 1. The molecular formula is C13H26N6OS. The number of hydrazine groups is 1. The van der Waals surface area contributed by atoms with E-state index in [9.17, 15) is 0 Å². The summed E-state index contributed by atoms with van der Waals surface area (Å²) in [6.45, 7) is 3.43. The summed E-state index contributed by atoms with van der Waals surface area (Å²) < 4.78 is 5.41. The van der Waals surface area contributed by atoms with Gasteiger partial charge in [0, 0.05) is 6.54 Å². The summed E-state index contributed by atoms with van der Waals surface area (Å²) in [5.74, 6) is 7.39. The van der Waals surface area contributed by atoms with Crippen LogP contribution in [0.25, 0.3) is 0 Å². The second-order valence-electron chi connectivity index (χ2n) is 4.59. The molecule has 0 radical (unpaired) electrons. The second-order valence-corrected chi connectivity index (χ2v) is 5.58. The molecule has 0 saturated carbocycles. The number of nitrogens with zero attached hydrogens (tertiary/aromatic N) is 3. The molecule has 1 aromatic rings. The van der Waals surface area contributed by atoms with Crippen LogP contribution in [-0.4, -0.2) is 40.1 Å². The van der Waals surface area contributed by atoms with Gasteiger partial charge in [0.15, 0.2) is 0 Å². The summed E-state index contributed by atoms with van der Waals surface area (Å²) in [6, 6.07) is 0.294. The Morgan fingerprint density at radius 1 is 1.10 bits per heavy atom. The van der Waals surface area contributed by atoms with Gasteiger partial charge in [0.05, 0.1) is 6.61 Å². The third-order valence-electron chi connectivity index (χ3n) is 2.74. The third-order valence-corrected chi connectivity index (χ3v) is 3.43. The fourth-order valence-corrected chi connectivity index (χ4v) is 2.18. The molecule has 0 aromatic carbocycles. The van der Waals surface area contributed by atoms with Gasteiger partial charge in [-0.05, 0) is 31.3 Å². The normalized spacial score (nSPS) is 10.4. The predicted octanol–water partition coefficient (Wildman–Crippen LogP) is 2.28. The van der Waals surface area contributed by atoms with Crippen molar-refractivity contribution >= 4 is 23.7 Å². The molecule has 7 nitrogen and oxygen atoms in total. The lowest BCUT2D eigenvalue weighted by molar-refractivity contribution is 0.292. The summed E-state index contributed by atoms with van der Waals surface area (Å²) in [5.41, 5.74) is 2.42. The van der Waals surface area contributed by atoms with Crippen molar-refractivity contribution in [3.05, 3.63) is 0 Å². The van der Waals surface area contributed by atoms with Gasteiger partial charge in [-0.3, -0.25) is 5.43 Å². The van der Waals surface area contributed by atoms with Crippen LogP contribution in [0.3, 0.4) is 0 Å². The van der Waals surface area contributed by atoms with Crippen LogP contribution in [-0.2, 0) is 0 Å². The molecule has 0 spiro atoms. The van der Waals surface area contributed by atoms with E-state index in [-0.39, 0.29) is 0 Å². The molecule has 0 unspecified atom stereocenters. The van der Waals surface area contributed by atoms with Crippen LogP contribution in [0.5, 0.6) is 6.01 Å². The summed E-state index contributed by atoms with van der Waals surface area (Å²) in [7, 11) is 0. The standard InChI is InChI=1S/C13H26N6OS/c1-3-9-20-13-17-11(16-12(18-13)19-14)15-8-6-4-5-7-10-21-2/h3-10,14H2,1-2H3,(H2,15,16,17,18,19). The van der Waals surface area contributed by atoms with Crippen molar-refractivity contribution < 1.29 is 4.74 Å². The van der Waals surface area contributed by atoms with Gasteiger partial charge in [-0.2, -0.15) is 26.7 Å². The van der Waals surface area contributed by atoms with Gasteiger partial charge in [-0.25, -0.2) is 5.84 Å². The number of thioether (sulfide) groups is 1. The Bertz CT molecular complexity index is 393. The summed E-state index contributed by atoms with van der Waals surface area (Å²) >= 11 is 1.90. The highest BCUT2D eigenvalue weighted by molar-refractivity contribution is 7.98. The summed E-state index contributed by atoms with van der Waals surface area (Å²) in [4.78, 5) is 12.4. The monoisotopic (exact) mass is 314 g/mol. The number of anilines is 2. The highest BCUT2D eigenvalue weighted by Crippen LogP contribution is 2.11. The molecule has 0 amide bonds. The van der Waals surface area contributed by atoms with Gasteiger partial charge < -0.3 is 10.1 Å². The number of rotatable bonds is 12. The Balaban J connectivity index is 2.35. The van der Waals surface area contributed by atoms with Gasteiger partial charge in [0.1, 0.15) is 0 Å². The Hall–Kier alpha value is -1.28. The first-order valence-corrected chi connectivity index (χ1v) is 8.77. The minimum atomic E-state index is 0.294. The first-order valence-electron chi connectivity index (χ1n) is 7.38. The Morgan fingerprint density at radius 3 is 2.57 bits per heavy atom. The van der Waals surface area contributed by atoms with Crippen LogP contribution in [0, 0.1) is 0 Å². The molecule has 0 aliphatic heterocycles. The van der Waals surface area contributed by atoms with E-state index >= 15 is 0 Å². The Kier molecular flexibility index (Phi) is 9.64. The Morgan fingerprint density at radius 2 is 1.86 bits per heavy atom. The SMILES string of the molecule is CCCOc1nc(NN)nc(NCCCCCCSC)n1. The number of unbranched alkanes of at least 4 members (excludes halogenated alkanes) is 3. The molecule has 0 atom stereocenters. The van der Waals surface area contributed by atoms with Crippen LogP contribution in [0.2, 0.25) is 0 Å². The minimum Gasteiger partial charge on any atom is -0.463 e. The molecule has 120 valence electrons. The number of nitrogens with one attached hydrogen (secondary N) is 2. The van der Waals surface area contributed by atoms with Crippen molar-refractivity contribution in [1.82, 2.24) is 15.0 Å². The van der Waals surface area contributed by atoms with E-state index in [0.717, 1.165) is 19.4 Å². The molecule has 0 aliphatic rings. The fourth-order valence-electron chi connectivity index (χ4n) is 1.68. The number of nitrogens with two attached hydrogens (primary N) is 1. The fraction of sp³-hybridized carbons (Fsp3) is 0.769. The zero-order chi connectivity index (χ0) is 15.3. The first kappa shape index (κ1) is 17.8. The van der Waals surface area contributed by atoms with E-state index in [1.54, 1.807) is 0 Å². The van der Waals surface area contributed by atoms with Crippen LogP contribution < -0.4 is 21.3 Å². The quantitative estimate of drug-likeness (QED) is 0.307. The molecule has 8 heteroatoms. The van der Waals surface area contributed by atoms with Crippen molar-refractivity contribution in [3.63, 3.8) is 0 Å². The predicted molar refractivity (Wildman–Crippen MR) is 88.8 cm³/mol. The average Bonchev–Trinajstić information content (AvgIpc) is 2.51. The molecule has 21 heavy (non-hydrogen) atoms. The molecule has 1 rings (SSSR count). The maximum atomic E-state index is 5.41. The van der Waals surface area contributed by atoms with Crippen LogP contribution >= 0.6 is 11.8 Å². The zero-order valence-electron chi connectivity index (χ0n) is 12.9. The molecular weight excluding hydrogens is 288 g/mol. The molecule has 0 fully saturated rings. The van der Waals surface area contributed by atoms with E-state index in [1.807, 2.05) is 18.7 Å². The minimum absolute atomic E-state index is 0.294. The van der Waals surface area contributed by atoms with E-state index < -0.39 is 0 Å². The molecule has 0 saturated heterocycles. The van der Waals surface area contributed by atoms with Crippen molar-refractivity contribution in [2.24, 2.45) is 5.84 Å². The first-order chi connectivity index (χ1) is 10.3. The smallest absolute Gasteiger partial charge is 0.323 e. The van der Waals surface area contributed by atoms with E-state index in [1.165, 1.54) is 25.0 Å². The van der Waals surface area contributed by atoms with Crippen LogP contribution in [0.1, 0.15) is 39.0 Å². The van der Waals surface area contributed by atoms with Crippen molar-refractivity contribution in [1.29, 1.82) is 0 Å². The number of aromatic nitrogens is 3. The zero-order valence-corrected chi connectivity index (χ0v) is 13.7. The molecule has 1 heterocycles. The highest BCUT2D eigenvalue weighted by atomic mass is 32.2. The van der Waals surface area contributed by atoms with Crippen LogP contribution in [0.4, 0.5) is 11.9 Å². The second kappa shape index (κ2) is 11.4. The molecule has 4 N–H and O–H groups in total. The van der Waals surface area contributed by atoms with E-state index in [4.69, 9.17) is 10.6 Å². The van der Waals surface area contributed by atoms with Crippen molar-refractivity contribution in [2.45, 2.75) is 39.0 Å². The van der Waals surface area contributed by atoms with Crippen molar-refractivity contribution in [2.75, 3.05) is 35.9 Å². The van der Waals surface area contributed by atoms with Gasteiger partial charge in [0.2, 0.25) is 11.9 Å². The average molecular weight is 314 g/mol. The molecule has 0 aliphatic carbocycles. The third kappa shape index (κ3) is 7.91. The number of ether oxygens (including phenoxy) is 1. The van der Waals surface area contributed by atoms with Crippen molar-refractivity contribution in [3.8, 4) is 6.01 Å². The highest BCUT2D eigenvalue weighted by Gasteiger charge is 2.06. The lowest BCUT2D eigenvalue weighted by Gasteiger charge is -2.08. The maximum absolute atomic E-state index is 5.41. The van der Waals surface area contributed by atoms with Gasteiger partial charge >= 0.3 is 6.01 Å². The van der Waals surface area contributed by atoms with E-state index in [0.29, 0.717) is 24.5 Å². The topological polar surface area (TPSA) is 98.0 Å². The Labute approximate surface area is 130 Å². The van der Waals surface area contributed by atoms with Gasteiger partial charge in [-0.1, -0.05) is 19.8 Å². The maximum Gasteiger partial charge on any atom is 0.323 e. The van der Waals surface area contributed by atoms with Gasteiger partial charge in [0.25, 0.3) is 0 Å². The summed E-state index contributed by atoms with van der Waals surface area (Å²) in [6.07, 6.45) is 7.89. The lowest BCUT2D eigenvalue weighted by Crippen LogP contribution is -2.15. The lowest BCUT2D eigenvalue weighted by atomic mass is 10.2. The largest absolute Gasteiger partial charge is 0.463 e. The van der Waals surface area contributed by atoms with E-state index in [2.05, 4.69) is 32.0 Å². The number of hydrogen-bond acceptors (Lipinski definition) is 8. The molecule has 0 bridgehead atoms. The van der Waals surface area contributed by atoms with Gasteiger partial charge in [-0.15, -0.1) is 0 Å². The number of hydrogen-bond donors (Lipinski definition) is 3.